The molecule has 0 aromatic rings. The smallest absolute Gasteiger partial charge is 0.273 e. The van der Waals surface area contributed by atoms with E-state index in [1.165, 1.54) is 0 Å². The molecule has 6 heteroatoms. The van der Waals surface area contributed by atoms with E-state index in [9.17, 15) is 8.42 Å². The average molecular weight is 289 g/mol. The second-order valence-electron chi connectivity index (χ2n) is 3.54. The number of hydrogen-bond donors (Lipinski definition) is 2. The topological polar surface area (TPSA) is 66.4 Å². The Balaban J connectivity index is 2.02. The van der Waals surface area contributed by atoms with Gasteiger partial charge in [-0.15, -0.1) is 0 Å². The third-order valence-electron chi connectivity index (χ3n) is 2.31. The summed E-state index contributed by atoms with van der Waals surface area (Å²) in [5.41, 5.74) is -0.283. The van der Waals surface area contributed by atoms with E-state index in [-0.39, 0.29) is 5.54 Å². The summed E-state index contributed by atoms with van der Waals surface area (Å²) in [6.07, 6.45) is 2.58. The molecule has 0 heterocycles. The van der Waals surface area contributed by atoms with Gasteiger partial charge < -0.3 is 0 Å². The van der Waals surface area contributed by atoms with E-state index in [1.54, 1.807) is 0 Å². The Kier molecular flexibility index (Phi) is 1.43. The second-order valence-corrected chi connectivity index (χ2v) is 6.98. The lowest BCUT2D eigenvalue weighted by atomic mass is 9.50. The summed E-state index contributed by atoms with van der Waals surface area (Å²) in [5, 5.41) is 0. The Labute approximate surface area is 78.8 Å². The molecule has 3 saturated carbocycles. The molecule has 0 aromatic carbocycles. The highest BCUT2D eigenvalue weighted by Gasteiger charge is 2.67. The van der Waals surface area contributed by atoms with Crippen molar-refractivity contribution >= 4 is 32.9 Å². The van der Waals surface area contributed by atoms with E-state index >= 15 is 0 Å². The number of rotatable bonds is 2. The van der Waals surface area contributed by atoms with E-state index in [2.05, 4.69) is 27.3 Å². The lowest BCUT2D eigenvalue weighted by molar-refractivity contribution is 0.0133. The number of nitrogens with one attached hydrogen (secondary N) is 1. The van der Waals surface area contributed by atoms with Crippen LogP contribution < -0.4 is 4.72 Å². The van der Waals surface area contributed by atoms with Gasteiger partial charge in [0.1, 0.15) is 0 Å². The molecule has 3 aliphatic rings. The molecular formula is C5H8INO3S. The van der Waals surface area contributed by atoms with Crippen molar-refractivity contribution in [3.63, 3.8) is 0 Å². The first-order valence-electron chi connectivity index (χ1n) is 3.28. The third kappa shape index (κ3) is 1.30. The lowest BCUT2D eigenvalue weighted by Gasteiger charge is -2.67. The van der Waals surface area contributed by atoms with Gasteiger partial charge in [-0.1, -0.05) is 22.6 Å². The molecule has 11 heavy (non-hydrogen) atoms. The molecule has 3 rings (SSSR count). The molecule has 3 fully saturated rings. The summed E-state index contributed by atoms with van der Waals surface area (Å²) < 4.78 is 31.9. The number of halogens is 1. The zero-order valence-corrected chi connectivity index (χ0v) is 8.65. The van der Waals surface area contributed by atoms with Crippen molar-refractivity contribution in [1.29, 1.82) is 0 Å². The number of hydrogen-bond acceptors (Lipinski definition) is 2. The van der Waals surface area contributed by atoms with Crippen LogP contribution in [0.1, 0.15) is 19.3 Å². The molecule has 0 atom stereocenters. The van der Waals surface area contributed by atoms with Crippen LogP contribution in [0.4, 0.5) is 0 Å². The molecule has 0 spiro atoms. The Hall–Kier alpha value is 0.600. The molecule has 0 radical (unpaired) electrons. The standard InChI is InChI=1S/C5H8INO3S/c6-4-1-5(2-4,3-4)7-11(8,9)10/h7H,1-3H2,(H,8,9,10). The van der Waals surface area contributed by atoms with Gasteiger partial charge >= 0.3 is 10.3 Å². The molecule has 0 aromatic heterocycles. The van der Waals surface area contributed by atoms with Gasteiger partial charge in [-0.25, -0.2) is 0 Å². The van der Waals surface area contributed by atoms with Crippen LogP contribution in [0.25, 0.3) is 0 Å². The van der Waals surface area contributed by atoms with Gasteiger partial charge in [-0.2, -0.15) is 13.1 Å². The molecular weight excluding hydrogens is 281 g/mol. The fraction of sp³-hybridized carbons (Fsp3) is 1.00. The first-order valence-corrected chi connectivity index (χ1v) is 5.80. The van der Waals surface area contributed by atoms with Gasteiger partial charge in [-0.3, -0.25) is 4.55 Å². The zero-order chi connectivity index (χ0) is 8.33. The van der Waals surface area contributed by atoms with Crippen molar-refractivity contribution in [2.75, 3.05) is 0 Å². The van der Waals surface area contributed by atoms with Gasteiger partial charge in [0.05, 0.1) is 0 Å². The van der Waals surface area contributed by atoms with E-state index in [0.29, 0.717) is 3.42 Å². The quantitative estimate of drug-likeness (QED) is 0.442. The molecule has 0 aliphatic heterocycles. The van der Waals surface area contributed by atoms with E-state index in [0.717, 1.165) is 19.3 Å². The number of alkyl halides is 1. The van der Waals surface area contributed by atoms with Gasteiger partial charge in [0.2, 0.25) is 0 Å². The van der Waals surface area contributed by atoms with Gasteiger partial charge in [-0.05, 0) is 19.3 Å². The molecule has 0 saturated heterocycles. The minimum absolute atomic E-state index is 0.283. The fourth-order valence-electron chi connectivity index (χ4n) is 2.05. The minimum atomic E-state index is -3.98. The Morgan fingerprint density at radius 1 is 1.36 bits per heavy atom. The summed E-state index contributed by atoms with van der Waals surface area (Å²) in [4.78, 5) is 0. The van der Waals surface area contributed by atoms with Crippen molar-refractivity contribution in [3.8, 4) is 0 Å². The van der Waals surface area contributed by atoms with Gasteiger partial charge in [0, 0.05) is 8.96 Å². The predicted octanol–water partition coefficient (Wildman–Crippen LogP) is 0.489. The molecule has 64 valence electrons. The Bertz CT molecular complexity index is 279. The van der Waals surface area contributed by atoms with Crippen LogP contribution in [0.5, 0.6) is 0 Å². The molecule has 3 aliphatic carbocycles. The third-order valence-corrected chi connectivity index (χ3v) is 4.15. The van der Waals surface area contributed by atoms with Crippen molar-refractivity contribution in [1.82, 2.24) is 4.72 Å². The fourth-order valence-corrected chi connectivity index (χ4v) is 5.00. The van der Waals surface area contributed by atoms with E-state index < -0.39 is 10.3 Å². The maximum absolute atomic E-state index is 10.4. The zero-order valence-electron chi connectivity index (χ0n) is 5.67. The van der Waals surface area contributed by atoms with Crippen LogP contribution in [0.15, 0.2) is 0 Å². The summed E-state index contributed by atoms with van der Waals surface area (Å²) in [6, 6.07) is 0. The highest BCUT2D eigenvalue weighted by molar-refractivity contribution is 14.1. The molecule has 2 bridgehead atoms. The van der Waals surface area contributed by atoms with Crippen molar-refractivity contribution < 1.29 is 13.0 Å². The van der Waals surface area contributed by atoms with Crippen LogP contribution >= 0.6 is 22.6 Å². The second kappa shape index (κ2) is 1.91. The minimum Gasteiger partial charge on any atom is -0.273 e. The van der Waals surface area contributed by atoms with Gasteiger partial charge in [0.15, 0.2) is 0 Å². The van der Waals surface area contributed by atoms with Crippen molar-refractivity contribution in [2.24, 2.45) is 0 Å². The Morgan fingerprint density at radius 3 is 2.09 bits per heavy atom. The summed E-state index contributed by atoms with van der Waals surface area (Å²) in [7, 11) is -3.98. The maximum Gasteiger partial charge on any atom is 0.333 e. The highest BCUT2D eigenvalue weighted by atomic mass is 127. The van der Waals surface area contributed by atoms with Crippen LogP contribution in [0.3, 0.4) is 0 Å². The van der Waals surface area contributed by atoms with E-state index in [4.69, 9.17) is 4.55 Å². The summed E-state index contributed by atoms with van der Waals surface area (Å²) in [5.74, 6) is 0. The summed E-state index contributed by atoms with van der Waals surface area (Å²) in [6.45, 7) is 0. The van der Waals surface area contributed by atoms with Crippen molar-refractivity contribution in [3.05, 3.63) is 0 Å². The highest BCUT2D eigenvalue weighted by Crippen LogP contribution is 2.65. The molecule has 0 amide bonds. The van der Waals surface area contributed by atoms with Crippen molar-refractivity contribution in [2.45, 2.75) is 28.2 Å². The van der Waals surface area contributed by atoms with Crippen LogP contribution in [-0.2, 0) is 10.3 Å². The van der Waals surface area contributed by atoms with Crippen LogP contribution in [0.2, 0.25) is 0 Å². The molecule has 4 nitrogen and oxygen atoms in total. The van der Waals surface area contributed by atoms with Crippen LogP contribution in [0, 0.1) is 0 Å². The first-order chi connectivity index (χ1) is 4.83. The molecule has 2 N–H and O–H groups in total. The monoisotopic (exact) mass is 289 g/mol. The lowest BCUT2D eigenvalue weighted by Crippen LogP contribution is -2.75. The Morgan fingerprint density at radius 2 is 1.82 bits per heavy atom. The normalized spacial score (nSPS) is 47.8. The molecule has 0 unspecified atom stereocenters. The largest absolute Gasteiger partial charge is 0.333 e. The maximum atomic E-state index is 10.4. The average Bonchev–Trinajstić information content (AvgIpc) is 1.53. The SMILES string of the molecule is O=S(=O)(O)NC12CC(I)(C1)C2. The van der Waals surface area contributed by atoms with Gasteiger partial charge in [0.25, 0.3) is 0 Å². The predicted molar refractivity (Wildman–Crippen MR) is 48.0 cm³/mol. The van der Waals surface area contributed by atoms with E-state index in [1.807, 2.05) is 0 Å². The first kappa shape index (κ1) is 8.21. The van der Waals surface area contributed by atoms with Crippen LogP contribution in [-0.4, -0.2) is 21.9 Å². The summed E-state index contributed by atoms with van der Waals surface area (Å²) >= 11 is 2.34.